The van der Waals surface area contributed by atoms with E-state index in [1.54, 1.807) is 6.20 Å². The molecule has 1 aromatic carbocycles. The average molecular weight is 626 g/mol. The first-order chi connectivity index (χ1) is 21.8. The molecule has 1 aliphatic rings. The predicted molar refractivity (Wildman–Crippen MR) is 176 cm³/mol. The molecule has 2 atom stereocenters. The predicted octanol–water partition coefficient (Wildman–Crippen LogP) is 7.80. The monoisotopic (exact) mass is 625 g/mol. The van der Waals surface area contributed by atoms with Crippen molar-refractivity contribution in [3.63, 3.8) is 0 Å². The lowest BCUT2D eigenvalue weighted by Gasteiger charge is -2.30. The van der Waals surface area contributed by atoms with E-state index in [9.17, 15) is 18.8 Å². The summed E-state index contributed by atoms with van der Waals surface area (Å²) in [6, 6.07) is 8.25. The third-order valence-corrected chi connectivity index (χ3v) is 8.72. The number of unbranched alkanes of at least 4 members (excludes halogenated alkanes) is 12. The maximum absolute atomic E-state index is 13.6. The van der Waals surface area contributed by atoms with Gasteiger partial charge in [-0.1, -0.05) is 127 Å². The standard InChI is InChI=1S/C36H52FN3O5/c1-4-5-6-7-8-9-10-11-12-13-14-15-18-23-44-33(42)24-30(32(41)26-37)39-35(43)36(27(2)3)25-31(40-45-36)34-29-20-17-16-19-28(29)21-22-38-34/h16-17,19-22,27,30H,4-15,18,23-26H2,1-3H3,(H,39,43)/t30-,36+/m0/s1. The molecule has 2 aromatic rings. The second-order valence-electron chi connectivity index (χ2n) is 12.5. The minimum Gasteiger partial charge on any atom is -0.466 e. The fourth-order valence-electron chi connectivity index (χ4n) is 5.77. The molecule has 0 aliphatic carbocycles. The average Bonchev–Trinajstić information content (AvgIpc) is 3.51. The van der Waals surface area contributed by atoms with Gasteiger partial charge in [0, 0.05) is 23.9 Å². The van der Waals surface area contributed by atoms with Crippen molar-refractivity contribution in [3.05, 3.63) is 42.2 Å². The Labute approximate surface area is 267 Å². The zero-order valence-corrected chi connectivity index (χ0v) is 27.5. The maximum Gasteiger partial charge on any atom is 0.308 e. The summed E-state index contributed by atoms with van der Waals surface area (Å²) in [7, 11) is 0. The number of nitrogens with zero attached hydrogens (tertiary/aromatic N) is 2. The number of ether oxygens (including phenoxy) is 1. The quantitative estimate of drug-likeness (QED) is 0.106. The van der Waals surface area contributed by atoms with Crippen LogP contribution in [0.1, 0.15) is 123 Å². The summed E-state index contributed by atoms with van der Waals surface area (Å²) in [5, 5.41) is 8.65. The van der Waals surface area contributed by atoms with Crippen molar-refractivity contribution >= 4 is 34.1 Å². The molecule has 1 aromatic heterocycles. The van der Waals surface area contributed by atoms with Gasteiger partial charge in [-0.25, -0.2) is 4.39 Å². The van der Waals surface area contributed by atoms with Crippen LogP contribution in [-0.4, -0.2) is 53.3 Å². The van der Waals surface area contributed by atoms with Gasteiger partial charge < -0.3 is 14.9 Å². The van der Waals surface area contributed by atoms with E-state index < -0.39 is 42.4 Å². The van der Waals surface area contributed by atoms with E-state index in [0.29, 0.717) is 11.4 Å². The number of ketones is 1. The number of fused-ring (bicyclic) bond motifs is 1. The van der Waals surface area contributed by atoms with Crippen LogP contribution in [0.3, 0.4) is 0 Å². The van der Waals surface area contributed by atoms with Crippen molar-refractivity contribution < 1.29 is 28.3 Å². The second kappa shape index (κ2) is 19.2. The number of pyridine rings is 1. The van der Waals surface area contributed by atoms with Gasteiger partial charge in [0.1, 0.15) is 18.4 Å². The summed E-state index contributed by atoms with van der Waals surface area (Å²) < 4.78 is 18.8. The molecule has 9 heteroatoms. The van der Waals surface area contributed by atoms with Crippen LogP contribution in [0.25, 0.3) is 10.8 Å². The van der Waals surface area contributed by atoms with Crippen molar-refractivity contribution in [1.29, 1.82) is 0 Å². The van der Waals surface area contributed by atoms with Gasteiger partial charge >= 0.3 is 5.97 Å². The van der Waals surface area contributed by atoms with Gasteiger partial charge in [-0.3, -0.25) is 19.4 Å². The molecular weight excluding hydrogens is 573 g/mol. The summed E-state index contributed by atoms with van der Waals surface area (Å²) in [6.45, 7) is 4.78. The summed E-state index contributed by atoms with van der Waals surface area (Å²) >= 11 is 0. The molecule has 0 bridgehead atoms. The summed E-state index contributed by atoms with van der Waals surface area (Å²) in [5.74, 6) is -2.52. The lowest BCUT2D eigenvalue weighted by molar-refractivity contribution is -0.153. The molecule has 0 radical (unpaired) electrons. The fraction of sp³-hybridized carbons (Fsp3) is 0.639. The number of Topliss-reactive ketones (excluding diaryl/α,β-unsaturated/α-hetero) is 1. The Morgan fingerprint density at radius 2 is 1.56 bits per heavy atom. The van der Waals surface area contributed by atoms with Gasteiger partial charge in [-0.05, 0) is 17.9 Å². The number of aromatic nitrogens is 1. The van der Waals surface area contributed by atoms with E-state index in [1.807, 2.05) is 44.2 Å². The van der Waals surface area contributed by atoms with E-state index >= 15 is 0 Å². The fourth-order valence-corrected chi connectivity index (χ4v) is 5.77. The summed E-state index contributed by atoms with van der Waals surface area (Å²) in [5.41, 5.74) is -0.334. The molecule has 1 aliphatic heterocycles. The van der Waals surface area contributed by atoms with Crippen molar-refractivity contribution in [1.82, 2.24) is 10.3 Å². The number of alkyl halides is 1. The molecule has 3 rings (SSSR count). The molecule has 1 N–H and O–H groups in total. The van der Waals surface area contributed by atoms with Gasteiger partial charge in [-0.15, -0.1) is 0 Å². The van der Waals surface area contributed by atoms with Gasteiger partial charge in [-0.2, -0.15) is 0 Å². The van der Waals surface area contributed by atoms with Crippen molar-refractivity contribution in [3.8, 4) is 0 Å². The molecule has 0 spiro atoms. The molecule has 0 fully saturated rings. The summed E-state index contributed by atoms with van der Waals surface area (Å²) in [4.78, 5) is 48.8. The number of oxime groups is 1. The number of carbonyl (C=O) groups is 3. The molecular formula is C36H52FN3O5. The first-order valence-corrected chi connectivity index (χ1v) is 17.0. The Hall–Kier alpha value is -3.36. The topological polar surface area (TPSA) is 107 Å². The summed E-state index contributed by atoms with van der Waals surface area (Å²) in [6.07, 6.45) is 17.1. The van der Waals surface area contributed by atoms with Gasteiger partial charge in [0.2, 0.25) is 5.60 Å². The van der Waals surface area contributed by atoms with E-state index in [-0.39, 0.29) is 18.9 Å². The van der Waals surface area contributed by atoms with Crippen LogP contribution in [0.4, 0.5) is 4.39 Å². The Bertz CT molecular complexity index is 1260. The molecule has 0 saturated carbocycles. The normalized spacial score (nSPS) is 16.8. The van der Waals surface area contributed by atoms with Gasteiger partial charge in [0.25, 0.3) is 5.91 Å². The molecule has 2 heterocycles. The Balaban J connectivity index is 1.42. The number of hydrogen-bond donors (Lipinski definition) is 1. The minimum atomic E-state index is -1.44. The molecule has 45 heavy (non-hydrogen) atoms. The van der Waals surface area contributed by atoms with Crippen LogP contribution in [0, 0.1) is 5.92 Å². The highest BCUT2D eigenvalue weighted by Gasteiger charge is 2.51. The van der Waals surface area contributed by atoms with Crippen LogP contribution in [0.5, 0.6) is 0 Å². The number of rotatable bonds is 22. The highest BCUT2D eigenvalue weighted by Crippen LogP contribution is 2.35. The van der Waals surface area contributed by atoms with Crippen molar-refractivity contribution in [2.75, 3.05) is 13.3 Å². The number of carbonyl (C=O) groups excluding carboxylic acids is 3. The molecule has 0 saturated heterocycles. The van der Waals surface area contributed by atoms with Gasteiger partial charge in [0.05, 0.1) is 18.7 Å². The molecule has 8 nitrogen and oxygen atoms in total. The lowest BCUT2D eigenvalue weighted by Crippen LogP contribution is -2.55. The van der Waals surface area contributed by atoms with Gasteiger partial charge in [0.15, 0.2) is 5.78 Å². The molecule has 0 unspecified atom stereocenters. The Morgan fingerprint density at radius 3 is 2.18 bits per heavy atom. The van der Waals surface area contributed by atoms with Crippen LogP contribution in [0.15, 0.2) is 41.7 Å². The Morgan fingerprint density at radius 1 is 0.933 bits per heavy atom. The molecule has 248 valence electrons. The van der Waals surface area contributed by atoms with Crippen LogP contribution < -0.4 is 5.32 Å². The zero-order chi connectivity index (χ0) is 32.5. The van der Waals surface area contributed by atoms with E-state index in [4.69, 9.17) is 9.57 Å². The van der Waals surface area contributed by atoms with Crippen LogP contribution in [-0.2, 0) is 24.0 Å². The SMILES string of the molecule is CCCCCCCCCCCCCCCOC(=O)C[C@H](NC(=O)[C@]1(C(C)C)CC(c2nccc3ccccc23)=NO1)C(=O)CF. The third kappa shape index (κ3) is 10.9. The van der Waals surface area contributed by atoms with E-state index in [2.05, 4.69) is 22.4 Å². The number of amides is 1. The highest BCUT2D eigenvalue weighted by molar-refractivity contribution is 6.12. The van der Waals surface area contributed by atoms with Crippen molar-refractivity contribution in [2.24, 2.45) is 11.1 Å². The molecule has 1 amide bonds. The number of hydrogen-bond acceptors (Lipinski definition) is 7. The highest BCUT2D eigenvalue weighted by atomic mass is 19.1. The minimum absolute atomic E-state index is 0.109. The van der Waals surface area contributed by atoms with Crippen molar-refractivity contribution in [2.45, 2.75) is 129 Å². The zero-order valence-electron chi connectivity index (χ0n) is 27.5. The Kier molecular flexibility index (Phi) is 15.4. The number of benzene rings is 1. The number of esters is 1. The third-order valence-electron chi connectivity index (χ3n) is 8.72. The first kappa shape index (κ1) is 36.1. The van der Waals surface area contributed by atoms with Crippen LogP contribution >= 0.6 is 0 Å². The second-order valence-corrected chi connectivity index (χ2v) is 12.5. The van der Waals surface area contributed by atoms with E-state index in [0.717, 1.165) is 30.0 Å². The largest absolute Gasteiger partial charge is 0.466 e. The first-order valence-electron chi connectivity index (χ1n) is 17.0. The smallest absolute Gasteiger partial charge is 0.308 e. The lowest BCUT2D eigenvalue weighted by atomic mass is 9.83. The van der Waals surface area contributed by atoms with Crippen LogP contribution in [0.2, 0.25) is 0 Å². The maximum atomic E-state index is 13.6. The number of nitrogens with one attached hydrogen (secondary N) is 1. The van der Waals surface area contributed by atoms with E-state index in [1.165, 1.54) is 64.2 Å². The number of halogens is 1.